The van der Waals surface area contributed by atoms with Crippen molar-refractivity contribution < 1.29 is 19.1 Å². The number of rotatable bonds is 5. The Morgan fingerprint density at radius 3 is 2.46 bits per heavy atom. The van der Waals surface area contributed by atoms with Crippen molar-refractivity contribution in [2.75, 3.05) is 18.1 Å². The van der Waals surface area contributed by atoms with Crippen LogP contribution in [0.25, 0.3) is 0 Å². The van der Waals surface area contributed by atoms with Gasteiger partial charge in [-0.2, -0.15) is 0 Å². The van der Waals surface area contributed by atoms with Crippen molar-refractivity contribution in [2.24, 2.45) is 5.92 Å². The van der Waals surface area contributed by atoms with E-state index in [1.54, 1.807) is 48.5 Å². The molecule has 1 aliphatic heterocycles. The van der Waals surface area contributed by atoms with Gasteiger partial charge in [-0.05, 0) is 36.4 Å². The zero-order valence-corrected chi connectivity index (χ0v) is 15.2. The molecule has 2 aromatic rings. The van der Waals surface area contributed by atoms with Gasteiger partial charge in [0.1, 0.15) is 0 Å². The van der Waals surface area contributed by atoms with Crippen LogP contribution < -0.4 is 4.90 Å². The summed E-state index contributed by atoms with van der Waals surface area (Å²) in [7, 11) is 0. The molecule has 0 saturated carbocycles. The van der Waals surface area contributed by atoms with Gasteiger partial charge in [0.05, 0.1) is 16.6 Å². The summed E-state index contributed by atoms with van der Waals surface area (Å²) in [5, 5.41) is 0.954. The number of esters is 1. The third kappa shape index (κ3) is 4.06. The number of nitrogens with zero attached hydrogens (tertiary/aromatic N) is 1. The zero-order chi connectivity index (χ0) is 18.7. The minimum Gasteiger partial charge on any atom is -0.457 e. The van der Waals surface area contributed by atoms with Crippen LogP contribution in [-0.4, -0.2) is 30.8 Å². The topological polar surface area (TPSA) is 63.7 Å². The molecule has 1 atom stereocenters. The second kappa shape index (κ2) is 7.89. The number of ketones is 1. The van der Waals surface area contributed by atoms with E-state index in [-0.39, 0.29) is 31.3 Å². The van der Waals surface area contributed by atoms with E-state index in [0.29, 0.717) is 21.3 Å². The molecule has 0 aliphatic carbocycles. The van der Waals surface area contributed by atoms with Crippen LogP contribution in [0.2, 0.25) is 10.0 Å². The Morgan fingerprint density at radius 1 is 1.08 bits per heavy atom. The Hall–Kier alpha value is -2.37. The number of benzene rings is 2. The molecule has 5 nitrogen and oxygen atoms in total. The number of halogens is 2. The predicted octanol–water partition coefficient (Wildman–Crippen LogP) is 3.77. The summed E-state index contributed by atoms with van der Waals surface area (Å²) in [4.78, 5) is 38.0. The number of para-hydroxylation sites is 1. The number of hydrogen-bond acceptors (Lipinski definition) is 4. The standard InChI is InChI=1S/C19H15Cl2NO4/c20-14-7-5-12(6-8-14)17(23)11-26-19(25)13-9-18(24)22(10-13)16-4-2-1-3-15(16)21/h1-8,13H,9-11H2/t13-/m0/s1. The summed E-state index contributed by atoms with van der Waals surface area (Å²) in [5.74, 6) is -1.74. The minimum absolute atomic E-state index is 0.0270. The van der Waals surface area contributed by atoms with E-state index in [2.05, 4.69) is 0 Å². The van der Waals surface area contributed by atoms with Crippen LogP contribution in [-0.2, 0) is 14.3 Å². The average molecular weight is 392 g/mol. The SMILES string of the molecule is O=C(COC(=O)[C@H]1CC(=O)N(c2ccccc2Cl)C1)c1ccc(Cl)cc1. The molecular weight excluding hydrogens is 377 g/mol. The predicted molar refractivity (Wildman–Crippen MR) is 98.7 cm³/mol. The smallest absolute Gasteiger partial charge is 0.311 e. The molecule has 134 valence electrons. The lowest BCUT2D eigenvalue weighted by Gasteiger charge is -2.17. The number of hydrogen-bond donors (Lipinski definition) is 0. The molecule has 1 heterocycles. The Bertz CT molecular complexity index is 851. The lowest BCUT2D eigenvalue weighted by Crippen LogP contribution is -2.27. The molecular formula is C19H15Cl2NO4. The highest BCUT2D eigenvalue weighted by Gasteiger charge is 2.37. The monoisotopic (exact) mass is 391 g/mol. The Balaban J connectivity index is 1.59. The molecule has 3 rings (SSSR count). The number of carbonyl (C=O) groups is 3. The molecule has 0 spiro atoms. The second-order valence-electron chi connectivity index (χ2n) is 5.89. The van der Waals surface area contributed by atoms with Gasteiger partial charge in [-0.25, -0.2) is 0 Å². The number of ether oxygens (including phenoxy) is 1. The van der Waals surface area contributed by atoms with Gasteiger partial charge in [0.2, 0.25) is 5.91 Å². The Labute approximate surface area is 160 Å². The van der Waals surface area contributed by atoms with Crippen molar-refractivity contribution >= 4 is 46.5 Å². The minimum atomic E-state index is -0.628. The van der Waals surface area contributed by atoms with Gasteiger partial charge < -0.3 is 9.64 Å². The normalized spacial score (nSPS) is 16.6. The van der Waals surface area contributed by atoms with E-state index >= 15 is 0 Å². The first-order chi connectivity index (χ1) is 12.5. The molecule has 7 heteroatoms. The summed E-state index contributed by atoms with van der Waals surface area (Å²) < 4.78 is 5.10. The lowest BCUT2D eigenvalue weighted by atomic mass is 10.1. The van der Waals surface area contributed by atoms with E-state index in [4.69, 9.17) is 27.9 Å². The van der Waals surface area contributed by atoms with Crippen molar-refractivity contribution in [2.45, 2.75) is 6.42 Å². The molecule has 1 fully saturated rings. The van der Waals surface area contributed by atoms with Gasteiger partial charge in [0.25, 0.3) is 0 Å². The molecule has 1 aliphatic rings. The van der Waals surface area contributed by atoms with Crippen molar-refractivity contribution in [3.8, 4) is 0 Å². The van der Waals surface area contributed by atoms with E-state index in [0.717, 1.165) is 0 Å². The average Bonchev–Trinajstić information content (AvgIpc) is 3.02. The quantitative estimate of drug-likeness (QED) is 0.574. The van der Waals surface area contributed by atoms with Gasteiger partial charge in [0, 0.05) is 23.6 Å². The first-order valence-corrected chi connectivity index (χ1v) is 8.71. The Morgan fingerprint density at radius 2 is 1.77 bits per heavy atom. The second-order valence-corrected chi connectivity index (χ2v) is 6.74. The maximum atomic E-state index is 12.2. The van der Waals surface area contributed by atoms with E-state index in [1.165, 1.54) is 4.90 Å². The van der Waals surface area contributed by atoms with Crippen LogP contribution in [0.4, 0.5) is 5.69 Å². The molecule has 1 amide bonds. The zero-order valence-electron chi connectivity index (χ0n) is 13.7. The van der Waals surface area contributed by atoms with Gasteiger partial charge in [-0.1, -0.05) is 35.3 Å². The maximum absolute atomic E-state index is 12.2. The van der Waals surface area contributed by atoms with Crippen LogP contribution >= 0.6 is 23.2 Å². The van der Waals surface area contributed by atoms with Gasteiger partial charge in [-0.3, -0.25) is 14.4 Å². The summed E-state index contributed by atoms with van der Waals surface area (Å²) in [6, 6.07) is 13.2. The molecule has 0 N–H and O–H groups in total. The molecule has 0 radical (unpaired) electrons. The van der Waals surface area contributed by atoms with Crippen molar-refractivity contribution in [1.29, 1.82) is 0 Å². The number of amides is 1. The van der Waals surface area contributed by atoms with Crippen LogP contribution in [0.15, 0.2) is 48.5 Å². The molecule has 26 heavy (non-hydrogen) atoms. The number of Topliss-reactive ketones (excluding diaryl/α,β-unsaturated/α-hetero) is 1. The van der Waals surface area contributed by atoms with Crippen molar-refractivity contribution in [1.82, 2.24) is 0 Å². The van der Waals surface area contributed by atoms with E-state index < -0.39 is 11.9 Å². The fraction of sp³-hybridized carbons (Fsp3) is 0.211. The van der Waals surface area contributed by atoms with E-state index in [1.807, 2.05) is 0 Å². The van der Waals surface area contributed by atoms with Crippen LogP contribution in [0.5, 0.6) is 0 Å². The fourth-order valence-corrected chi connectivity index (χ4v) is 3.11. The molecule has 0 aromatic heterocycles. The van der Waals surface area contributed by atoms with Gasteiger partial charge in [-0.15, -0.1) is 0 Å². The number of carbonyl (C=O) groups excluding carboxylic acids is 3. The van der Waals surface area contributed by atoms with Gasteiger partial charge >= 0.3 is 5.97 Å². The van der Waals surface area contributed by atoms with E-state index in [9.17, 15) is 14.4 Å². The summed E-state index contributed by atoms with van der Waals surface area (Å²) in [6.45, 7) is -0.201. The first kappa shape index (κ1) is 18.4. The lowest BCUT2D eigenvalue weighted by molar-refractivity contribution is -0.147. The summed E-state index contributed by atoms with van der Waals surface area (Å²) in [6.07, 6.45) is 0.0270. The highest BCUT2D eigenvalue weighted by atomic mass is 35.5. The van der Waals surface area contributed by atoms with Gasteiger partial charge in [0.15, 0.2) is 12.4 Å². The van der Waals surface area contributed by atoms with Crippen LogP contribution in [0.1, 0.15) is 16.8 Å². The molecule has 0 unspecified atom stereocenters. The van der Waals surface area contributed by atoms with Crippen molar-refractivity contribution in [3.63, 3.8) is 0 Å². The van der Waals surface area contributed by atoms with Crippen LogP contribution in [0, 0.1) is 5.92 Å². The number of anilines is 1. The molecule has 0 bridgehead atoms. The fourth-order valence-electron chi connectivity index (χ4n) is 2.74. The maximum Gasteiger partial charge on any atom is 0.311 e. The Kier molecular flexibility index (Phi) is 5.59. The molecule has 2 aromatic carbocycles. The highest BCUT2D eigenvalue weighted by molar-refractivity contribution is 6.34. The third-order valence-electron chi connectivity index (χ3n) is 4.11. The summed E-state index contributed by atoms with van der Waals surface area (Å²) >= 11 is 11.9. The van der Waals surface area contributed by atoms with Crippen LogP contribution in [0.3, 0.4) is 0 Å². The van der Waals surface area contributed by atoms with Crippen molar-refractivity contribution in [3.05, 3.63) is 64.1 Å². The summed E-state index contributed by atoms with van der Waals surface area (Å²) in [5.41, 5.74) is 0.967. The first-order valence-electron chi connectivity index (χ1n) is 7.96. The third-order valence-corrected chi connectivity index (χ3v) is 4.68. The molecule has 1 saturated heterocycles. The highest BCUT2D eigenvalue weighted by Crippen LogP contribution is 2.31. The largest absolute Gasteiger partial charge is 0.457 e.